The Morgan fingerprint density at radius 3 is 2.67 bits per heavy atom. The summed E-state index contributed by atoms with van der Waals surface area (Å²) >= 11 is 0.563. The van der Waals surface area contributed by atoms with Crippen molar-refractivity contribution in [1.82, 2.24) is 0 Å². The van der Waals surface area contributed by atoms with E-state index in [-0.39, 0.29) is 0 Å². The van der Waals surface area contributed by atoms with Gasteiger partial charge in [0.05, 0.1) is 0 Å². The van der Waals surface area contributed by atoms with E-state index in [1.54, 1.807) is 0 Å². The van der Waals surface area contributed by atoms with Crippen molar-refractivity contribution in [1.29, 1.82) is 0 Å². The second-order valence-electron chi connectivity index (χ2n) is 2.85. The van der Waals surface area contributed by atoms with Crippen LogP contribution in [0, 0.1) is 6.92 Å². The van der Waals surface area contributed by atoms with Crippen LogP contribution in [0.4, 0.5) is 0 Å². The fourth-order valence-electron chi connectivity index (χ4n) is 1.24. The molecule has 0 unspecified atom stereocenters. The minimum absolute atomic E-state index is 0.563. The minimum atomic E-state index is 0.563. The van der Waals surface area contributed by atoms with Gasteiger partial charge in [0, 0.05) is 0 Å². The molecule has 0 saturated carbocycles. The Morgan fingerprint density at radius 2 is 2.00 bits per heavy atom. The van der Waals surface area contributed by atoms with Gasteiger partial charge in [-0.3, -0.25) is 0 Å². The van der Waals surface area contributed by atoms with Crippen molar-refractivity contribution in [3.05, 3.63) is 46.9 Å². The number of rotatable bonds is 1. The first-order valence-electron chi connectivity index (χ1n) is 3.97. The van der Waals surface area contributed by atoms with Crippen LogP contribution < -0.4 is 0 Å². The van der Waals surface area contributed by atoms with Crippen LogP contribution in [0.5, 0.6) is 0 Å². The fraction of sp³-hybridized carbons (Fsp3) is 0.0909. The summed E-state index contributed by atoms with van der Waals surface area (Å²) in [5.41, 5.74) is 2.73. The van der Waals surface area contributed by atoms with Crippen molar-refractivity contribution in [2.75, 3.05) is 0 Å². The van der Waals surface area contributed by atoms with Crippen LogP contribution in [0.2, 0.25) is 0 Å². The Labute approximate surface area is 78.6 Å². The topological polar surface area (TPSA) is 0 Å². The average Bonchev–Trinajstić information content (AvgIpc) is 2.56. The zero-order chi connectivity index (χ0) is 8.39. The summed E-state index contributed by atoms with van der Waals surface area (Å²) in [4.78, 5) is 2.25. The zero-order valence-corrected chi connectivity index (χ0v) is 8.66. The van der Waals surface area contributed by atoms with Gasteiger partial charge in [-0.25, -0.2) is 0 Å². The van der Waals surface area contributed by atoms with Crippen LogP contribution in [-0.4, -0.2) is 14.5 Å². The van der Waals surface area contributed by atoms with Crippen molar-refractivity contribution < 1.29 is 0 Å². The van der Waals surface area contributed by atoms with Gasteiger partial charge in [-0.15, -0.1) is 0 Å². The van der Waals surface area contributed by atoms with Crippen LogP contribution in [0.15, 0.2) is 41.3 Å². The quantitative estimate of drug-likeness (QED) is 0.649. The molecule has 2 aromatic rings. The van der Waals surface area contributed by atoms with Gasteiger partial charge in [0.1, 0.15) is 0 Å². The summed E-state index contributed by atoms with van der Waals surface area (Å²) in [6, 6.07) is 13.1. The van der Waals surface area contributed by atoms with Crippen LogP contribution >= 0.6 is 0 Å². The zero-order valence-electron chi connectivity index (χ0n) is 6.95. The van der Waals surface area contributed by atoms with Gasteiger partial charge in [-0.1, -0.05) is 0 Å². The molecule has 0 saturated heterocycles. The summed E-state index contributed by atoms with van der Waals surface area (Å²) in [5, 5.41) is 0. The molecule has 12 heavy (non-hydrogen) atoms. The Kier molecular flexibility index (Phi) is 2.16. The molecule has 60 valence electrons. The monoisotopic (exact) mass is 222 g/mol. The third kappa shape index (κ3) is 1.52. The summed E-state index contributed by atoms with van der Waals surface area (Å²) in [7, 11) is 0. The first-order chi connectivity index (χ1) is 5.86. The van der Waals surface area contributed by atoms with Crippen LogP contribution in [-0.2, 0) is 0 Å². The third-order valence-electron chi connectivity index (χ3n) is 1.82. The average molecular weight is 221 g/mol. The van der Waals surface area contributed by atoms with E-state index in [1.807, 2.05) is 0 Å². The standard InChI is InChI=1S/C11H10Se/c1-9-4-2-5-10(8-9)11-6-3-7-12-11/h2-8H,1H3. The maximum absolute atomic E-state index is 2.25. The molecule has 0 atom stereocenters. The molecule has 1 aromatic heterocycles. The van der Waals surface area contributed by atoms with E-state index in [4.69, 9.17) is 0 Å². The molecule has 0 N–H and O–H groups in total. The molecular formula is C11H10Se. The molecule has 1 aromatic carbocycles. The fourth-order valence-corrected chi connectivity index (χ4v) is 2.76. The molecule has 0 aliphatic heterocycles. The van der Waals surface area contributed by atoms with Gasteiger partial charge in [0.25, 0.3) is 0 Å². The van der Waals surface area contributed by atoms with Crippen molar-refractivity contribution in [2.45, 2.75) is 6.92 Å². The van der Waals surface area contributed by atoms with Crippen molar-refractivity contribution >= 4 is 14.5 Å². The van der Waals surface area contributed by atoms with E-state index in [2.05, 4.69) is 48.3 Å². The molecule has 0 amide bonds. The molecule has 0 spiro atoms. The summed E-state index contributed by atoms with van der Waals surface area (Å²) in [5.74, 6) is 0. The van der Waals surface area contributed by atoms with Gasteiger partial charge in [0.15, 0.2) is 0 Å². The molecule has 0 bridgehead atoms. The molecular weight excluding hydrogens is 211 g/mol. The third-order valence-corrected chi connectivity index (χ3v) is 3.75. The van der Waals surface area contributed by atoms with E-state index < -0.39 is 0 Å². The SMILES string of the molecule is Cc1cccc(-c2ccc[se]2)c1. The van der Waals surface area contributed by atoms with E-state index in [0.29, 0.717) is 14.5 Å². The molecule has 0 aliphatic rings. The van der Waals surface area contributed by atoms with Gasteiger partial charge in [-0.05, 0) is 0 Å². The molecule has 2 rings (SSSR count). The summed E-state index contributed by atoms with van der Waals surface area (Å²) < 4.78 is 1.49. The molecule has 1 heterocycles. The van der Waals surface area contributed by atoms with Gasteiger partial charge < -0.3 is 0 Å². The molecule has 0 radical (unpaired) electrons. The number of aryl methyl sites for hydroxylation is 1. The van der Waals surface area contributed by atoms with E-state index in [1.165, 1.54) is 15.6 Å². The Balaban J connectivity index is 2.48. The van der Waals surface area contributed by atoms with Gasteiger partial charge >= 0.3 is 78.3 Å². The first-order valence-corrected chi connectivity index (χ1v) is 5.81. The van der Waals surface area contributed by atoms with Gasteiger partial charge in [0.2, 0.25) is 0 Å². The normalized spacial score (nSPS) is 10.1. The predicted octanol–water partition coefficient (Wildman–Crippen LogP) is 2.72. The van der Waals surface area contributed by atoms with E-state index in [9.17, 15) is 0 Å². The summed E-state index contributed by atoms with van der Waals surface area (Å²) in [6.45, 7) is 2.14. The first kappa shape index (κ1) is 7.85. The van der Waals surface area contributed by atoms with Gasteiger partial charge in [-0.2, -0.15) is 0 Å². The number of hydrogen-bond donors (Lipinski definition) is 0. The van der Waals surface area contributed by atoms with Crippen molar-refractivity contribution in [3.63, 3.8) is 0 Å². The Bertz CT molecular complexity index is 360. The molecule has 0 aliphatic carbocycles. The van der Waals surface area contributed by atoms with Crippen LogP contribution in [0.25, 0.3) is 10.0 Å². The second-order valence-corrected chi connectivity index (χ2v) is 4.84. The number of hydrogen-bond acceptors (Lipinski definition) is 0. The second kappa shape index (κ2) is 3.30. The van der Waals surface area contributed by atoms with Crippen LogP contribution in [0.1, 0.15) is 5.56 Å². The molecule has 0 nitrogen and oxygen atoms in total. The Hall–Kier alpha value is -0.781. The Morgan fingerprint density at radius 1 is 1.08 bits per heavy atom. The van der Waals surface area contributed by atoms with Crippen molar-refractivity contribution in [2.24, 2.45) is 0 Å². The maximum atomic E-state index is 2.25. The van der Waals surface area contributed by atoms with Crippen molar-refractivity contribution in [3.8, 4) is 10.0 Å². The predicted molar refractivity (Wildman–Crippen MR) is 53.6 cm³/mol. The molecule has 0 fully saturated rings. The number of benzene rings is 1. The van der Waals surface area contributed by atoms with Crippen LogP contribution in [0.3, 0.4) is 0 Å². The summed E-state index contributed by atoms with van der Waals surface area (Å²) in [6.07, 6.45) is 0. The van der Waals surface area contributed by atoms with E-state index in [0.717, 1.165) is 0 Å². The molecule has 1 heteroatoms. The van der Waals surface area contributed by atoms with E-state index >= 15 is 0 Å².